The molecule has 0 amide bonds. The van der Waals surface area contributed by atoms with Gasteiger partial charge in [-0.15, -0.1) is 0 Å². The van der Waals surface area contributed by atoms with Gasteiger partial charge in [0.25, 0.3) is 0 Å². The number of aliphatic carboxylic acids is 2. The largest absolute Gasteiger partial charge is 0.493 e. The Balaban J connectivity index is 0.000000656. The molecule has 0 unspecified atom stereocenters. The summed E-state index contributed by atoms with van der Waals surface area (Å²) in [6.07, 6.45) is 6.59. The Hall–Kier alpha value is -2.12. The normalized spacial score (nSPS) is 18.9. The molecular weight excluding hydrogens is 386 g/mol. The van der Waals surface area contributed by atoms with Crippen LogP contribution < -0.4 is 4.74 Å². The molecule has 170 valence electrons. The molecule has 1 aromatic rings. The molecule has 1 fully saturated rings. The van der Waals surface area contributed by atoms with Crippen LogP contribution in [0.15, 0.2) is 18.2 Å². The average Bonchev–Trinajstić information content (AvgIpc) is 2.72. The first kappa shape index (κ1) is 25.9. The second-order valence-corrected chi connectivity index (χ2v) is 7.78. The first-order valence-electron chi connectivity index (χ1n) is 10.7. The summed E-state index contributed by atoms with van der Waals surface area (Å²) in [4.78, 5) is 20.8. The zero-order valence-electron chi connectivity index (χ0n) is 18.7. The van der Waals surface area contributed by atoms with Gasteiger partial charge in [0.2, 0.25) is 0 Å². The Morgan fingerprint density at radius 1 is 1.17 bits per heavy atom. The summed E-state index contributed by atoms with van der Waals surface area (Å²) in [5.74, 6) is -2.01. The third-order valence-corrected chi connectivity index (χ3v) is 5.64. The predicted molar refractivity (Wildman–Crippen MR) is 116 cm³/mol. The van der Waals surface area contributed by atoms with Crippen molar-refractivity contribution in [3.8, 4) is 5.75 Å². The smallest absolute Gasteiger partial charge is 0.414 e. The number of methoxy groups -OCH3 is 1. The van der Waals surface area contributed by atoms with Gasteiger partial charge in [0.1, 0.15) is 5.75 Å². The van der Waals surface area contributed by atoms with Crippen LogP contribution in [-0.4, -0.2) is 66.5 Å². The van der Waals surface area contributed by atoms with Gasteiger partial charge in [0, 0.05) is 13.7 Å². The maximum absolute atomic E-state index is 9.10. The van der Waals surface area contributed by atoms with Crippen molar-refractivity contribution >= 4 is 11.9 Å². The number of carboxylic acids is 2. The summed E-state index contributed by atoms with van der Waals surface area (Å²) >= 11 is 0. The molecule has 0 saturated carbocycles. The van der Waals surface area contributed by atoms with Gasteiger partial charge in [-0.05, 0) is 69.3 Å². The molecule has 1 aliphatic heterocycles. The van der Waals surface area contributed by atoms with Crippen molar-refractivity contribution < 1.29 is 29.3 Å². The second-order valence-electron chi connectivity index (χ2n) is 7.78. The van der Waals surface area contributed by atoms with Gasteiger partial charge in [-0.2, -0.15) is 0 Å². The maximum Gasteiger partial charge on any atom is 0.414 e. The molecular formula is C23H37NO6. The maximum atomic E-state index is 9.10. The summed E-state index contributed by atoms with van der Waals surface area (Å²) in [6, 6.07) is 6.29. The molecule has 2 rings (SSSR count). The highest BCUT2D eigenvalue weighted by Crippen LogP contribution is 2.25. The number of carboxylic acid groups (broad SMARTS) is 2. The van der Waals surface area contributed by atoms with Crippen LogP contribution in [0.5, 0.6) is 5.75 Å². The van der Waals surface area contributed by atoms with E-state index in [1.165, 1.54) is 49.9 Å². The lowest BCUT2D eigenvalue weighted by Gasteiger charge is -2.37. The van der Waals surface area contributed by atoms with E-state index in [2.05, 4.69) is 43.9 Å². The van der Waals surface area contributed by atoms with E-state index in [9.17, 15) is 0 Å². The lowest BCUT2D eigenvalue weighted by atomic mass is 9.90. The van der Waals surface area contributed by atoms with Gasteiger partial charge >= 0.3 is 11.9 Å². The van der Waals surface area contributed by atoms with Gasteiger partial charge < -0.3 is 24.6 Å². The number of unbranched alkanes of at least 4 members (excludes halogenated alkanes) is 2. The molecule has 1 aromatic carbocycles. The van der Waals surface area contributed by atoms with E-state index in [1.807, 2.05) is 7.11 Å². The van der Waals surface area contributed by atoms with Crippen LogP contribution in [0, 0.1) is 19.8 Å². The summed E-state index contributed by atoms with van der Waals surface area (Å²) in [5, 5.41) is 14.8. The molecule has 0 spiro atoms. The Labute approximate surface area is 180 Å². The van der Waals surface area contributed by atoms with E-state index >= 15 is 0 Å². The molecule has 2 atom stereocenters. The van der Waals surface area contributed by atoms with Crippen LogP contribution in [-0.2, 0) is 14.3 Å². The highest BCUT2D eigenvalue weighted by Gasteiger charge is 2.28. The third kappa shape index (κ3) is 9.13. The predicted octanol–water partition coefficient (Wildman–Crippen LogP) is 3.76. The minimum absolute atomic E-state index is 0.350. The standard InChI is InChI=1S/C21H35NO2.C2H2O4/c1-5-6-7-13-22-14-11-19(21(16-22)23-4)12-15-24-20-10-8-9-17(2)18(20)3;3-1(4)2(5)6/h8-10,19,21H,5-7,11-16H2,1-4H3;(H,3,4)(H,5,6)/t19-,21-;/m1./s1. The molecule has 30 heavy (non-hydrogen) atoms. The van der Waals surface area contributed by atoms with Crippen molar-refractivity contribution in [2.75, 3.05) is 33.4 Å². The minimum Gasteiger partial charge on any atom is -0.493 e. The topological polar surface area (TPSA) is 96.3 Å². The molecule has 1 aliphatic rings. The number of carbonyl (C=O) groups is 2. The summed E-state index contributed by atoms with van der Waals surface area (Å²) < 4.78 is 11.8. The zero-order valence-corrected chi connectivity index (χ0v) is 18.7. The number of rotatable bonds is 9. The fourth-order valence-corrected chi connectivity index (χ4v) is 3.62. The molecule has 0 radical (unpaired) electrons. The van der Waals surface area contributed by atoms with E-state index < -0.39 is 11.9 Å². The Bertz CT molecular complexity index is 651. The SMILES string of the molecule is CCCCCN1CC[C@H](CCOc2cccc(C)c2C)[C@H](OC)C1.O=C(O)C(=O)O. The van der Waals surface area contributed by atoms with Gasteiger partial charge in [-0.1, -0.05) is 31.9 Å². The van der Waals surface area contributed by atoms with Crippen LogP contribution in [0.3, 0.4) is 0 Å². The molecule has 7 nitrogen and oxygen atoms in total. The van der Waals surface area contributed by atoms with E-state index in [0.717, 1.165) is 25.3 Å². The number of likely N-dealkylation sites (tertiary alicyclic amines) is 1. The van der Waals surface area contributed by atoms with Crippen molar-refractivity contribution in [1.82, 2.24) is 4.90 Å². The van der Waals surface area contributed by atoms with Crippen LogP contribution >= 0.6 is 0 Å². The molecule has 0 aliphatic carbocycles. The zero-order chi connectivity index (χ0) is 22.5. The number of hydrogen-bond acceptors (Lipinski definition) is 5. The second kappa shape index (κ2) is 14.0. The van der Waals surface area contributed by atoms with Crippen molar-refractivity contribution in [2.45, 2.75) is 59.0 Å². The monoisotopic (exact) mass is 423 g/mol. The molecule has 1 saturated heterocycles. The van der Waals surface area contributed by atoms with E-state index in [4.69, 9.17) is 29.3 Å². The van der Waals surface area contributed by atoms with Gasteiger partial charge in [-0.3, -0.25) is 0 Å². The fourth-order valence-electron chi connectivity index (χ4n) is 3.62. The first-order chi connectivity index (χ1) is 14.3. The third-order valence-electron chi connectivity index (χ3n) is 5.64. The van der Waals surface area contributed by atoms with Crippen molar-refractivity contribution in [1.29, 1.82) is 0 Å². The number of hydrogen-bond donors (Lipinski definition) is 2. The van der Waals surface area contributed by atoms with Crippen molar-refractivity contribution in [3.63, 3.8) is 0 Å². The Morgan fingerprint density at radius 3 is 2.47 bits per heavy atom. The lowest BCUT2D eigenvalue weighted by molar-refractivity contribution is -0.159. The number of nitrogens with zero attached hydrogens (tertiary/aromatic N) is 1. The number of aryl methyl sites for hydroxylation is 1. The number of ether oxygens (including phenoxy) is 2. The van der Waals surface area contributed by atoms with Crippen LogP contribution in [0.4, 0.5) is 0 Å². The first-order valence-corrected chi connectivity index (χ1v) is 10.7. The van der Waals surface area contributed by atoms with Crippen LogP contribution in [0.25, 0.3) is 0 Å². The summed E-state index contributed by atoms with van der Waals surface area (Å²) in [6.45, 7) is 10.8. The summed E-state index contributed by atoms with van der Waals surface area (Å²) in [5.41, 5.74) is 2.55. The molecule has 1 heterocycles. The van der Waals surface area contributed by atoms with Crippen molar-refractivity contribution in [2.24, 2.45) is 5.92 Å². The molecule has 0 bridgehead atoms. The Morgan fingerprint density at radius 2 is 1.87 bits per heavy atom. The van der Waals surface area contributed by atoms with Gasteiger partial charge in [0.05, 0.1) is 12.7 Å². The molecule has 7 heteroatoms. The molecule has 2 N–H and O–H groups in total. The highest BCUT2D eigenvalue weighted by atomic mass is 16.5. The number of piperidine rings is 1. The van der Waals surface area contributed by atoms with Crippen LogP contribution in [0.2, 0.25) is 0 Å². The minimum atomic E-state index is -1.82. The average molecular weight is 424 g/mol. The fraction of sp³-hybridized carbons (Fsp3) is 0.652. The van der Waals surface area contributed by atoms with Crippen molar-refractivity contribution in [3.05, 3.63) is 29.3 Å². The lowest BCUT2D eigenvalue weighted by Crippen LogP contribution is -2.45. The van der Waals surface area contributed by atoms with E-state index in [-0.39, 0.29) is 0 Å². The number of benzene rings is 1. The molecule has 0 aromatic heterocycles. The van der Waals surface area contributed by atoms with E-state index in [1.54, 1.807) is 0 Å². The quantitative estimate of drug-likeness (QED) is 0.461. The highest BCUT2D eigenvalue weighted by molar-refractivity contribution is 6.27. The van der Waals surface area contributed by atoms with E-state index in [0.29, 0.717) is 12.0 Å². The summed E-state index contributed by atoms with van der Waals surface area (Å²) in [7, 11) is 1.86. The van der Waals surface area contributed by atoms with Gasteiger partial charge in [0.15, 0.2) is 0 Å². The Kier molecular flexibility index (Phi) is 12.1. The van der Waals surface area contributed by atoms with Crippen LogP contribution in [0.1, 0.15) is 50.2 Å². The van der Waals surface area contributed by atoms with Gasteiger partial charge in [-0.25, -0.2) is 9.59 Å².